The highest BCUT2D eigenvalue weighted by Crippen LogP contribution is 2.09. The van der Waals surface area contributed by atoms with E-state index < -0.39 is 11.9 Å². The zero-order valence-corrected chi connectivity index (χ0v) is 8.70. The molecule has 1 heterocycles. The van der Waals surface area contributed by atoms with Crippen LogP contribution in [0.4, 0.5) is 0 Å². The number of nitrogens with two attached hydrogens (primary N) is 1. The van der Waals surface area contributed by atoms with Crippen LogP contribution in [0.15, 0.2) is 36.5 Å². The number of hydrogen-bond acceptors (Lipinski definition) is 3. The number of aromatic nitrogens is 2. The normalized spacial score (nSPS) is 10.1. The maximum Gasteiger partial charge on any atom is 0.335 e. The molecule has 86 valence electrons. The molecule has 3 N–H and O–H groups in total. The number of carbonyl (C=O) groups excluding carboxylic acids is 1. The Labute approximate surface area is 96.3 Å². The molecule has 1 aromatic carbocycles. The first-order valence-corrected chi connectivity index (χ1v) is 4.77. The molecule has 6 nitrogen and oxygen atoms in total. The predicted molar refractivity (Wildman–Crippen MR) is 59.0 cm³/mol. The average molecular weight is 231 g/mol. The van der Waals surface area contributed by atoms with Gasteiger partial charge in [0.15, 0.2) is 0 Å². The van der Waals surface area contributed by atoms with Crippen molar-refractivity contribution < 1.29 is 14.7 Å². The summed E-state index contributed by atoms with van der Waals surface area (Å²) in [6.07, 6.45) is 1.58. The van der Waals surface area contributed by atoms with Crippen LogP contribution in [0.1, 0.15) is 20.8 Å². The van der Waals surface area contributed by atoms with E-state index in [1.165, 1.54) is 22.9 Å². The summed E-state index contributed by atoms with van der Waals surface area (Å²) in [5.41, 5.74) is 6.08. The number of aromatic carboxylic acids is 1. The van der Waals surface area contributed by atoms with Crippen molar-refractivity contribution in [3.05, 3.63) is 47.8 Å². The van der Waals surface area contributed by atoms with Crippen LogP contribution < -0.4 is 5.73 Å². The van der Waals surface area contributed by atoms with Crippen LogP contribution in [-0.2, 0) is 0 Å². The second kappa shape index (κ2) is 4.09. The van der Waals surface area contributed by atoms with Crippen LogP contribution in [0, 0.1) is 0 Å². The summed E-state index contributed by atoms with van der Waals surface area (Å²) >= 11 is 0. The third-order valence-corrected chi connectivity index (χ3v) is 2.22. The van der Waals surface area contributed by atoms with Crippen LogP contribution in [0.3, 0.4) is 0 Å². The Morgan fingerprint density at radius 3 is 2.29 bits per heavy atom. The van der Waals surface area contributed by atoms with E-state index in [1.807, 2.05) is 0 Å². The van der Waals surface area contributed by atoms with Gasteiger partial charge < -0.3 is 10.8 Å². The fourth-order valence-corrected chi connectivity index (χ4v) is 1.36. The standard InChI is InChI=1S/C11H9N3O3/c12-10(15)9-5-6-14(13-9)8-3-1-7(2-4-8)11(16)17/h1-6H,(H2,12,15)(H,16,17). The van der Waals surface area contributed by atoms with Gasteiger partial charge in [-0.1, -0.05) is 0 Å². The number of benzene rings is 1. The van der Waals surface area contributed by atoms with Crippen molar-refractivity contribution in [1.82, 2.24) is 9.78 Å². The summed E-state index contributed by atoms with van der Waals surface area (Å²) in [6, 6.07) is 7.61. The molecule has 17 heavy (non-hydrogen) atoms. The van der Waals surface area contributed by atoms with Gasteiger partial charge in [-0.2, -0.15) is 5.10 Å². The molecule has 0 fully saturated rings. The first-order valence-electron chi connectivity index (χ1n) is 4.77. The van der Waals surface area contributed by atoms with Crippen molar-refractivity contribution in [2.45, 2.75) is 0 Å². The third-order valence-electron chi connectivity index (χ3n) is 2.22. The summed E-state index contributed by atoms with van der Waals surface area (Å²) in [5.74, 6) is -1.60. The second-order valence-electron chi connectivity index (χ2n) is 3.36. The number of hydrogen-bond donors (Lipinski definition) is 2. The van der Waals surface area contributed by atoms with E-state index in [2.05, 4.69) is 5.10 Å². The van der Waals surface area contributed by atoms with Crippen molar-refractivity contribution in [2.24, 2.45) is 5.73 Å². The van der Waals surface area contributed by atoms with Gasteiger partial charge in [-0.3, -0.25) is 4.79 Å². The van der Waals surface area contributed by atoms with Crippen LogP contribution >= 0.6 is 0 Å². The summed E-state index contributed by atoms with van der Waals surface area (Å²) < 4.78 is 1.45. The highest BCUT2D eigenvalue weighted by molar-refractivity contribution is 5.90. The van der Waals surface area contributed by atoms with Gasteiger partial charge in [0.05, 0.1) is 11.3 Å². The first-order chi connectivity index (χ1) is 8.08. The lowest BCUT2D eigenvalue weighted by molar-refractivity contribution is 0.0696. The van der Waals surface area contributed by atoms with Crippen molar-refractivity contribution in [2.75, 3.05) is 0 Å². The first kappa shape index (κ1) is 10.9. The summed E-state index contributed by atoms with van der Waals surface area (Å²) in [5, 5.41) is 12.7. The Bertz CT molecular complexity index is 572. The molecule has 0 saturated carbocycles. The van der Waals surface area contributed by atoms with Gasteiger partial charge >= 0.3 is 5.97 Å². The Balaban J connectivity index is 2.33. The van der Waals surface area contributed by atoms with E-state index >= 15 is 0 Å². The SMILES string of the molecule is NC(=O)c1ccn(-c2ccc(C(=O)O)cc2)n1. The van der Waals surface area contributed by atoms with Crippen LogP contribution in [0.5, 0.6) is 0 Å². The summed E-state index contributed by atoms with van der Waals surface area (Å²) in [7, 11) is 0. The monoisotopic (exact) mass is 231 g/mol. The van der Waals surface area contributed by atoms with Gasteiger partial charge in [-0.25, -0.2) is 9.48 Å². The largest absolute Gasteiger partial charge is 0.478 e. The lowest BCUT2D eigenvalue weighted by atomic mass is 10.2. The van der Waals surface area contributed by atoms with Crippen molar-refractivity contribution in [1.29, 1.82) is 0 Å². The number of rotatable bonds is 3. The van der Waals surface area contributed by atoms with Gasteiger partial charge in [-0.15, -0.1) is 0 Å². The Kier molecular flexibility index (Phi) is 2.61. The Morgan fingerprint density at radius 2 is 1.82 bits per heavy atom. The molecule has 0 atom stereocenters. The van der Waals surface area contributed by atoms with E-state index in [9.17, 15) is 9.59 Å². The summed E-state index contributed by atoms with van der Waals surface area (Å²) in [4.78, 5) is 21.5. The third kappa shape index (κ3) is 2.15. The van der Waals surface area contributed by atoms with E-state index in [0.717, 1.165) is 0 Å². The number of carbonyl (C=O) groups is 2. The van der Waals surface area contributed by atoms with E-state index in [1.54, 1.807) is 18.3 Å². The molecule has 6 heteroatoms. The molecule has 2 aromatic rings. The quantitative estimate of drug-likeness (QED) is 0.810. The summed E-state index contributed by atoms with van der Waals surface area (Å²) in [6.45, 7) is 0. The molecule has 0 aliphatic heterocycles. The lowest BCUT2D eigenvalue weighted by Crippen LogP contribution is -2.12. The van der Waals surface area contributed by atoms with E-state index in [4.69, 9.17) is 10.8 Å². The van der Waals surface area contributed by atoms with Crippen molar-refractivity contribution >= 4 is 11.9 Å². The zero-order valence-electron chi connectivity index (χ0n) is 8.70. The molecular weight excluding hydrogens is 222 g/mol. The number of carboxylic acids is 1. The van der Waals surface area contributed by atoms with E-state index in [0.29, 0.717) is 5.69 Å². The van der Waals surface area contributed by atoms with Gasteiger partial charge in [0.2, 0.25) is 0 Å². The van der Waals surface area contributed by atoms with Gasteiger partial charge in [0.1, 0.15) is 5.69 Å². The molecule has 0 spiro atoms. The molecule has 0 bridgehead atoms. The molecule has 0 saturated heterocycles. The van der Waals surface area contributed by atoms with Gasteiger partial charge in [-0.05, 0) is 30.3 Å². The topological polar surface area (TPSA) is 98.2 Å². The lowest BCUT2D eigenvalue weighted by Gasteiger charge is -2.01. The van der Waals surface area contributed by atoms with E-state index in [-0.39, 0.29) is 11.3 Å². The highest BCUT2D eigenvalue weighted by Gasteiger charge is 2.07. The van der Waals surface area contributed by atoms with Crippen LogP contribution in [0.2, 0.25) is 0 Å². The van der Waals surface area contributed by atoms with Crippen LogP contribution in [-0.4, -0.2) is 26.8 Å². The number of amides is 1. The maximum absolute atomic E-state index is 10.9. The highest BCUT2D eigenvalue weighted by atomic mass is 16.4. The smallest absolute Gasteiger partial charge is 0.335 e. The average Bonchev–Trinajstić information content (AvgIpc) is 2.78. The van der Waals surface area contributed by atoms with Crippen molar-refractivity contribution in [3.63, 3.8) is 0 Å². The predicted octanol–water partition coefficient (Wildman–Crippen LogP) is 0.669. The molecule has 0 unspecified atom stereocenters. The molecular formula is C11H9N3O3. The minimum absolute atomic E-state index is 0.160. The molecule has 2 rings (SSSR count). The number of primary amides is 1. The minimum atomic E-state index is -0.991. The fraction of sp³-hybridized carbons (Fsp3) is 0. The van der Waals surface area contributed by atoms with Crippen LogP contribution in [0.25, 0.3) is 5.69 Å². The molecule has 1 amide bonds. The Hall–Kier alpha value is -2.63. The molecule has 1 aromatic heterocycles. The molecule has 0 aliphatic rings. The zero-order chi connectivity index (χ0) is 12.4. The molecule has 0 radical (unpaired) electrons. The Morgan fingerprint density at radius 1 is 1.18 bits per heavy atom. The molecule has 0 aliphatic carbocycles. The minimum Gasteiger partial charge on any atom is -0.478 e. The van der Waals surface area contributed by atoms with Gasteiger partial charge in [0, 0.05) is 6.20 Å². The number of carboxylic acid groups (broad SMARTS) is 1. The second-order valence-corrected chi connectivity index (χ2v) is 3.36. The van der Waals surface area contributed by atoms with Gasteiger partial charge in [0.25, 0.3) is 5.91 Å². The fourth-order valence-electron chi connectivity index (χ4n) is 1.36. The number of nitrogens with zero attached hydrogens (tertiary/aromatic N) is 2. The maximum atomic E-state index is 10.9. The van der Waals surface area contributed by atoms with Crippen molar-refractivity contribution in [3.8, 4) is 5.69 Å².